The highest BCUT2D eigenvalue weighted by molar-refractivity contribution is 5.93. The highest BCUT2D eigenvalue weighted by atomic mass is 19.4. The Hall–Kier alpha value is -3.43. The first-order valence-corrected chi connectivity index (χ1v) is 8.07. The van der Waals surface area contributed by atoms with E-state index >= 15 is 0 Å². The average Bonchev–Trinajstić information content (AvgIpc) is 2.65. The zero-order chi connectivity index (χ0) is 20.6. The fraction of sp³-hybridized carbons (Fsp3) is 0.222. The summed E-state index contributed by atoms with van der Waals surface area (Å²) in [7, 11) is 1.57. The number of guanidine groups is 1. The van der Waals surface area contributed by atoms with Crippen LogP contribution in [0.1, 0.15) is 5.56 Å². The second-order valence-corrected chi connectivity index (χ2v) is 5.52. The molecule has 0 saturated carbocycles. The smallest absolute Gasteiger partial charge is 0.497 e. The molecule has 7 nitrogen and oxygen atoms in total. The molecule has 0 bridgehead atoms. The lowest BCUT2D eigenvalue weighted by atomic mass is 10.2. The minimum Gasteiger partial charge on any atom is -0.497 e. The zero-order valence-electron chi connectivity index (χ0n) is 14.9. The van der Waals surface area contributed by atoms with Crippen molar-refractivity contribution in [3.63, 3.8) is 0 Å². The molecule has 0 fully saturated rings. The van der Waals surface area contributed by atoms with Gasteiger partial charge in [-0.3, -0.25) is 4.79 Å². The third kappa shape index (κ3) is 7.44. The number of anilines is 1. The fourth-order valence-corrected chi connectivity index (χ4v) is 2.08. The van der Waals surface area contributed by atoms with Crippen LogP contribution in [0.25, 0.3) is 0 Å². The third-order valence-electron chi connectivity index (χ3n) is 3.40. The number of ether oxygens (including phenoxy) is 2. The van der Waals surface area contributed by atoms with E-state index in [0.717, 1.165) is 23.4 Å². The Morgan fingerprint density at radius 2 is 1.68 bits per heavy atom. The van der Waals surface area contributed by atoms with Crippen LogP contribution in [-0.2, 0) is 11.3 Å². The molecule has 1 amide bonds. The van der Waals surface area contributed by atoms with Crippen molar-refractivity contribution in [3.8, 4) is 11.5 Å². The van der Waals surface area contributed by atoms with E-state index in [0.29, 0.717) is 12.2 Å². The van der Waals surface area contributed by atoms with Gasteiger partial charge in [0.1, 0.15) is 18.0 Å². The van der Waals surface area contributed by atoms with Crippen LogP contribution < -0.4 is 25.8 Å². The van der Waals surface area contributed by atoms with Gasteiger partial charge in [0.25, 0.3) is 0 Å². The summed E-state index contributed by atoms with van der Waals surface area (Å²) < 4.78 is 45.2. The van der Waals surface area contributed by atoms with Gasteiger partial charge in [-0.2, -0.15) is 0 Å². The van der Waals surface area contributed by atoms with Gasteiger partial charge < -0.3 is 25.8 Å². The molecule has 2 aromatic rings. The van der Waals surface area contributed by atoms with E-state index in [9.17, 15) is 18.0 Å². The zero-order valence-corrected chi connectivity index (χ0v) is 14.9. The minimum absolute atomic E-state index is 0.0518. The number of hydrogen-bond donors (Lipinski definition) is 3. The van der Waals surface area contributed by atoms with Crippen LogP contribution in [0.5, 0.6) is 11.5 Å². The van der Waals surface area contributed by atoms with Gasteiger partial charge in [-0.15, -0.1) is 13.2 Å². The number of nitrogens with zero attached hydrogens (tertiary/aromatic N) is 1. The van der Waals surface area contributed by atoms with Gasteiger partial charge in [0, 0.05) is 12.2 Å². The fourth-order valence-electron chi connectivity index (χ4n) is 2.08. The standard InChI is InChI=1S/C18H19F3N4O3/c1-27-14-6-2-12(3-7-14)10-23-16(26)11-24-17(22)25-13-4-8-15(9-5-13)28-18(19,20)21/h2-9H,10-11H2,1H3,(H,23,26)(H3,22,24,25). The van der Waals surface area contributed by atoms with Gasteiger partial charge in [-0.25, -0.2) is 4.99 Å². The lowest BCUT2D eigenvalue weighted by Gasteiger charge is -2.10. The summed E-state index contributed by atoms with van der Waals surface area (Å²) in [5.74, 6) is -0.0263. The Bertz CT molecular complexity index is 806. The predicted octanol–water partition coefficient (Wildman–Crippen LogP) is 2.64. The lowest BCUT2D eigenvalue weighted by Crippen LogP contribution is -2.28. The Kier molecular flexibility index (Phi) is 7.08. The number of carbonyl (C=O) groups is 1. The molecule has 0 saturated heterocycles. The molecule has 0 aliphatic rings. The van der Waals surface area contributed by atoms with Crippen LogP contribution in [0.3, 0.4) is 0 Å². The molecule has 4 N–H and O–H groups in total. The van der Waals surface area contributed by atoms with Crippen molar-refractivity contribution in [1.82, 2.24) is 5.32 Å². The molecule has 10 heteroatoms. The highest BCUT2D eigenvalue weighted by Crippen LogP contribution is 2.23. The van der Waals surface area contributed by atoms with Crippen molar-refractivity contribution < 1.29 is 27.4 Å². The predicted molar refractivity (Wildman–Crippen MR) is 98.1 cm³/mol. The summed E-state index contributed by atoms with van der Waals surface area (Å²) in [6, 6.07) is 12.2. The number of nitrogens with two attached hydrogens (primary N) is 1. The van der Waals surface area contributed by atoms with Crippen LogP contribution in [0.15, 0.2) is 53.5 Å². The van der Waals surface area contributed by atoms with Crippen molar-refractivity contribution in [1.29, 1.82) is 0 Å². The van der Waals surface area contributed by atoms with Gasteiger partial charge >= 0.3 is 6.36 Å². The summed E-state index contributed by atoms with van der Waals surface area (Å²) in [6.45, 7) is 0.122. The van der Waals surface area contributed by atoms with Crippen molar-refractivity contribution in [3.05, 3.63) is 54.1 Å². The summed E-state index contributed by atoms with van der Waals surface area (Å²) in [5.41, 5.74) is 6.96. The number of carbonyl (C=O) groups excluding carboxylic acids is 1. The first-order chi connectivity index (χ1) is 13.2. The number of rotatable bonds is 7. The van der Waals surface area contributed by atoms with Crippen molar-refractivity contribution in [2.45, 2.75) is 12.9 Å². The Balaban J connectivity index is 1.78. The number of nitrogens with one attached hydrogen (secondary N) is 2. The first kappa shape index (κ1) is 20.9. The molecule has 0 heterocycles. The molecule has 0 spiro atoms. The summed E-state index contributed by atoms with van der Waals surface area (Å²) in [6.07, 6.45) is -4.76. The van der Waals surface area contributed by atoms with E-state index in [4.69, 9.17) is 10.5 Å². The monoisotopic (exact) mass is 396 g/mol. The average molecular weight is 396 g/mol. The Labute approximate surface area is 159 Å². The SMILES string of the molecule is COc1ccc(CNC(=O)CN=C(N)Nc2ccc(OC(F)(F)F)cc2)cc1. The highest BCUT2D eigenvalue weighted by Gasteiger charge is 2.30. The number of amides is 1. The maximum atomic E-state index is 12.1. The maximum Gasteiger partial charge on any atom is 0.573 e. The number of halogens is 3. The van der Waals surface area contributed by atoms with E-state index in [1.54, 1.807) is 19.2 Å². The van der Waals surface area contributed by atoms with Crippen LogP contribution in [0.4, 0.5) is 18.9 Å². The van der Waals surface area contributed by atoms with Crippen molar-refractivity contribution in [2.75, 3.05) is 19.0 Å². The molecule has 28 heavy (non-hydrogen) atoms. The normalized spacial score (nSPS) is 11.6. The first-order valence-electron chi connectivity index (χ1n) is 8.07. The topological polar surface area (TPSA) is 98.0 Å². The van der Waals surface area contributed by atoms with Crippen LogP contribution in [-0.4, -0.2) is 31.9 Å². The molecular weight excluding hydrogens is 377 g/mol. The minimum atomic E-state index is -4.76. The van der Waals surface area contributed by atoms with Crippen molar-refractivity contribution in [2.24, 2.45) is 10.7 Å². The number of aliphatic imine (C=N–C) groups is 1. The van der Waals surface area contributed by atoms with Gasteiger partial charge in [0.2, 0.25) is 5.91 Å². The van der Waals surface area contributed by atoms with E-state index < -0.39 is 6.36 Å². The van der Waals surface area contributed by atoms with Crippen LogP contribution in [0, 0.1) is 0 Å². The van der Waals surface area contributed by atoms with E-state index in [2.05, 4.69) is 20.4 Å². The Morgan fingerprint density at radius 3 is 2.25 bits per heavy atom. The maximum absolute atomic E-state index is 12.1. The molecule has 0 atom stereocenters. The second-order valence-electron chi connectivity index (χ2n) is 5.52. The molecular formula is C18H19F3N4O3. The van der Waals surface area contributed by atoms with E-state index in [-0.39, 0.29) is 24.2 Å². The number of benzene rings is 2. The lowest BCUT2D eigenvalue weighted by molar-refractivity contribution is -0.274. The molecule has 0 unspecified atom stereocenters. The molecule has 0 aliphatic heterocycles. The molecule has 150 valence electrons. The quantitative estimate of drug-likeness (QED) is 0.494. The van der Waals surface area contributed by atoms with E-state index in [1.165, 1.54) is 12.1 Å². The largest absolute Gasteiger partial charge is 0.573 e. The van der Waals surface area contributed by atoms with Gasteiger partial charge in [-0.05, 0) is 42.0 Å². The second kappa shape index (κ2) is 9.49. The molecule has 0 radical (unpaired) electrons. The van der Waals surface area contributed by atoms with Gasteiger partial charge in [-0.1, -0.05) is 12.1 Å². The van der Waals surface area contributed by atoms with Crippen LogP contribution in [0.2, 0.25) is 0 Å². The number of alkyl halides is 3. The molecule has 0 aromatic heterocycles. The Morgan fingerprint density at radius 1 is 1.07 bits per heavy atom. The summed E-state index contributed by atoms with van der Waals surface area (Å²) >= 11 is 0. The molecule has 2 aromatic carbocycles. The van der Waals surface area contributed by atoms with E-state index in [1.807, 2.05) is 12.1 Å². The third-order valence-corrected chi connectivity index (χ3v) is 3.40. The van der Waals surface area contributed by atoms with Gasteiger partial charge in [0.15, 0.2) is 5.96 Å². The van der Waals surface area contributed by atoms with Crippen LogP contribution >= 0.6 is 0 Å². The van der Waals surface area contributed by atoms with Gasteiger partial charge in [0.05, 0.1) is 7.11 Å². The number of hydrogen-bond acceptors (Lipinski definition) is 4. The van der Waals surface area contributed by atoms with Crippen molar-refractivity contribution >= 4 is 17.6 Å². The molecule has 0 aliphatic carbocycles. The summed E-state index contributed by atoms with van der Waals surface area (Å²) in [4.78, 5) is 15.7. The number of methoxy groups -OCH3 is 1. The summed E-state index contributed by atoms with van der Waals surface area (Å²) in [5, 5.41) is 5.36. The molecule has 2 rings (SSSR count).